The van der Waals surface area contributed by atoms with Gasteiger partial charge in [-0.2, -0.15) is 0 Å². The average molecular weight is 250 g/mol. The first-order chi connectivity index (χ1) is 8.19. The third-order valence-electron chi connectivity index (χ3n) is 2.22. The Balaban J connectivity index is 2.04. The Labute approximate surface area is 104 Å². The molecule has 0 radical (unpaired) electrons. The van der Waals surface area contributed by atoms with Crippen LogP contribution in [0.2, 0.25) is 0 Å². The van der Waals surface area contributed by atoms with Crippen molar-refractivity contribution in [3.8, 4) is 5.75 Å². The maximum absolute atomic E-state index is 5.00. The van der Waals surface area contributed by atoms with E-state index in [9.17, 15) is 0 Å². The van der Waals surface area contributed by atoms with E-state index >= 15 is 0 Å². The quantitative estimate of drug-likeness (QED) is 0.903. The van der Waals surface area contributed by atoms with Crippen LogP contribution in [0.5, 0.6) is 5.75 Å². The van der Waals surface area contributed by atoms with E-state index in [0.717, 1.165) is 5.01 Å². The zero-order valence-electron chi connectivity index (χ0n) is 9.97. The van der Waals surface area contributed by atoms with Gasteiger partial charge in [-0.05, 0) is 13.8 Å². The number of rotatable bonds is 4. The lowest BCUT2D eigenvalue weighted by atomic mass is 10.3. The molecule has 0 aromatic carbocycles. The van der Waals surface area contributed by atoms with E-state index in [4.69, 9.17) is 4.74 Å². The molecule has 2 aromatic rings. The van der Waals surface area contributed by atoms with Crippen molar-refractivity contribution in [3.63, 3.8) is 0 Å². The van der Waals surface area contributed by atoms with Crippen molar-refractivity contribution in [2.75, 3.05) is 12.4 Å². The number of aryl methyl sites for hydroxylation is 1. The van der Waals surface area contributed by atoms with Crippen molar-refractivity contribution >= 4 is 17.3 Å². The fourth-order valence-corrected chi connectivity index (χ4v) is 2.10. The summed E-state index contributed by atoms with van der Waals surface area (Å²) in [6, 6.07) is 0.0992. The highest BCUT2D eigenvalue weighted by Gasteiger charge is 2.10. The second kappa shape index (κ2) is 5.09. The summed E-state index contributed by atoms with van der Waals surface area (Å²) >= 11 is 1.67. The normalized spacial score (nSPS) is 12.2. The first kappa shape index (κ1) is 11.8. The Morgan fingerprint density at radius 3 is 2.47 bits per heavy atom. The Bertz CT molecular complexity index is 482. The molecule has 6 heteroatoms. The molecule has 1 N–H and O–H groups in total. The smallest absolute Gasteiger partial charge is 0.223 e. The number of nitrogens with one attached hydrogen (secondary N) is 1. The van der Waals surface area contributed by atoms with E-state index in [1.807, 2.05) is 20.0 Å². The first-order valence-electron chi connectivity index (χ1n) is 5.24. The predicted molar refractivity (Wildman–Crippen MR) is 67.5 cm³/mol. The van der Waals surface area contributed by atoms with Gasteiger partial charge in [0.15, 0.2) is 5.75 Å². The second-order valence-corrected chi connectivity index (χ2v) is 4.89. The highest BCUT2D eigenvalue weighted by atomic mass is 32.1. The van der Waals surface area contributed by atoms with Gasteiger partial charge in [0.25, 0.3) is 0 Å². The molecule has 0 spiro atoms. The van der Waals surface area contributed by atoms with Crippen molar-refractivity contribution in [2.24, 2.45) is 0 Å². The molecule has 90 valence electrons. The van der Waals surface area contributed by atoms with Crippen molar-refractivity contribution < 1.29 is 4.74 Å². The van der Waals surface area contributed by atoms with Crippen LogP contribution in [0.25, 0.3) is 0 Å². The zero-order chi connectivity index (χ0) is 12.3. The molecule has 0 fully saturated rings. The van der Waals surface area contributed by atoms with Gasteiger partial charge in [-0.15, -0.1) is 11.3 Å². The van der Waals surface area contributed by atoms with Crippen molar-refractivity contribution in [2.45, 2.75) is 19.9 Å². The van der Waals surface area contributed by atoms with Crippen molar-refractivity contribution in [3.05, 3.63) is 28.5 Å². The molecule has 1 unspecified atom stereocenters. The Morgan fingerprint density at radius 1 is 1.24 bits per heavy atom. The van der Waals surface area contributed by atoms with Gasteiger partial charge in [-0.25, -0.2) is 15.0 Å². The number of hydrogen-bond donors (Lipinski definition) is 1. The lowest BCUT2D eigenvalue weighted by molar-refractivity contribution is 0.411. The fourth-order valence-electron chi connectivity index (χ4n) is 1.32. The molecule has 2 heterocycles. The van der Waals surface area contributed by atoms with Crippen LogP contribution in [0.3, 0.4) is 0 Å². The summed E-state index contributed by atoms with van der Waals surface area (Å²) in [5.74, 6) is 1.22. The molecule has 2 aromatic heterocycles. The first-order valence-corrected chi connectivity index (χ1v) is 6.05. The standard InChI is InChI=1S/C11H14N4OS/c1-7-4-12-10(17-7)8(2)15-11-13-5-9(16-3)6-14-11/h4-6,8H,1-3H3,(H,13,14,15). The minimum Gasteiger partial charge on any atom is -0.494 e. The van der Waals surface area contributed by atoms with E-state index < -0.39 is 0 Å². The summed E-state index contributed by atoms with van der Waals surface area (Å²) < 4.78 is 5.00. The Morgan fingerprint density at radius 2 is 1.94 bits per heavy atom. The van der Waals surface area contributed by atoms with E-state index in [1.165, 1.54) is 4.88 Å². The Kier molecular flexibility index (Phi) is 3.53. The van der Waals surface area contributed by atoms with Crippen molar-refractivity contribution in [1.82, 2.24) is 15.0 Å². The van der Waals surface area contributed by atoms with E-state index in [0.29, 0.717) is 11.7 Å². The molecule has 0 amide bonds. The van der Waals surface area contributed by atoms with Crippen LogP contribution in [-0.2, 0) is 0 Å². The molecule has 0 aliphatic heterocycles. The maximum atomic E-state index is 5.00. The van der Waals surface area contributed by atoms with Gasteiger partial charge in [0.05, 0.1) is 25.5 Å². The predicted octanol–water partition coefficient (Wildman–Crippen LogP) is 2.42. The molecule has 0 saturated heterocycles. The van der Waals surface area contributed by atoms with Gasteiger partial charge in [-0.3, -0.25) is 0 Å². The maximum Gasteiger partial charge on any atom is 0.223 e. The number of hydrogen-bond acceptors (Lipinski definition) is 6. The second-order valence-electron chi connectivity index (χ2n) is 3.62. The lowest BCUT2D eigenvalue weighted by Crippen LogP contribution is -2.08. The van der Waals surface area contributed by atoms with Gasteiger partial charge >= 0.3 is 0 Å². The number of methoxy groups -OCH3 is 1. The summed E-state index contributed by atoms with van der Waals surface area (Å²) in [5.41, 5.74) is 0. The summed E-state index contributed by atoms with van der Waals surface area (Å²) in [6.07, 6.45) is 5.14. The van der Waals surface area contributed by atoms with Crippen LogP contribution in [0.1, 0.15) is 22.9 Å². The zero-order valence-corrected chi connectivity index (χ0v) is 10.8. The number of anilines is 1. The number of ether oxygens (including phenoxy) is 1. The molecule has 2 rings (SSSR count). The molecule has 1 atom stereocenters. The molecule has 17 heavy (non-hydrogen) atoms. The summed E-state index contributed by atoms with van der Waals surface area (Å²) in [5, 5.41) is 4.22. The largest absolute Gasteiger partial charge is 0.494 e. The minimum atomic E-state index is 0.0992. The van der Waals surface area contributed by atoms with Gasteiger partial charge in [0.2, 0.25) is 5.95 Å². The molecule has 0 bridgehead atoms. The Hall–Kier alpha value is -1.69. The summed E-state index contributed by atoms with van der Waals surface area (Å²) in [4.78, 5) is 13.8. The highest BCUT2D eigenvalue weighted by Crippen LogP contribution is 2.21. The molecular weight excluding hydrogens is 236 g/mol. The van der Waals surface area contributed by atoms with Crippen LogP contribution in [-0.4, -0.2) is 22.1 Å². The van der Waals surface area contributed by atoms with Gasteiger partial charge in [-0.1, -0.05) is 0 Å². The topological polar surface area (TPSA) is 59.9 Å². The van der Waals surface area contributed by atoms with Crippen LogP contribution in [0.4, 0.5) is 5.95 Å². The molecular formula is C11H14N4OS. The minimum absolute atomic E-state index is 0.0992. The summed E-state index contributed by atoms with van der Waals surface area (Å²) in [6.45, 7) is 4.07. The molecule has 5 nitrogen and oxygen atoms in total. The monoisotopic (exact) mass is 250 g/mol. The third-order valence-corrected chi connectivity index (χ3v) is 3.31. The number of aromatic nitrogens is 3. The lowest BCUT2D eigenvalue weighted by Gasteiger charge is -2.10. The van der Waals surface area contributed by atoms with Crippen LogP contribution in [0, 0.1) is 6.92 Å². The van der Waals surface area contributed by atoms with Gasteiger partial charge in [0, 0.05) is 11.1 Å². The average Bonchev–Trinajstić information content (AvgIpc) is 2.77. The molecule has 0 aliphatic rings. The number of nitrogens with zero attached hydrogens (tertiary/aromatic N) is 3. The van der Waals surface area contributed by atoms with Crippen molar-refractivity contribution in [1.29, 1.82) is 0 Å². The molecule has 0 aliphatic carbocycles. The van der Waals surface area contributed by atoms with Crippen LogP contribution >= 0.6 is 11.3 Å². The van der Waals surface area contributed by atoms with E-state index in [-0.39, 0.29) is 6.04 Å². The van der Waals surface area contributed by atoms with E-state index in [2.05, 4.69) is 20.3 Å². The third kappa shape index (κ3) is 2.91. The number of thiazole rings is 1. The van der Waals surface area contributed by atoms with Crippen LogP contribution < -0.4 is 10.1 Å². The van der Waals surface area contributed by atoms with Gasteiger partial charge in [0.1, 0.15) is 5.01 Å². The molecule has 0 saturated carbocycles. The highest BCUT2D eigenvalue weighted by molar-refractivity contribution is 7.11. The SMILES string of the molecule is COc1cnc(NC(C)c2ncc(C)s2)nc1. The van der Waals surface area contributed by atoms with Crippen LogP contribution in [0.15, 0.2) is 18.6 Å². The van der Waals surface area contributed by atoms with Gasteiger partial charge < -0.3 is 10.1 Å². The summed E-state index contributed by atoms with van der Waals surface area (Å²) in [7, 11) is 1.59. The fraction of sp³-hybridized carbons (Fsp3) is 0.364. The van der Waals surface area contributed by atoms with E-state index in [1.54, 1.807) is 30.8 Å².